The quantitative estimate of drug-likeness (QED) is 0.170. The zero-order valence-electron chi connectivity index (χ0n) is 18.7. The number of rotatable bonds is 10. The number of ether oxygens (including phenoxy) is 2. The topological polar surface area (TPSA) is 85.6 Å². The van der Waals surface area contributed by atoms with Crippen LogP contribution in [0.2, 0.25) is 0 Å². The molecule has 0 radical (unpaired) electrons. The maximum atomic E-state index is 5.75. The molecule has 0 saturated heterocycles. The first-order valence-electron chi connectivity index (χ1n) is 10.4. The van der Waals surface area contributed by atoms with E-state index in [0.29, 0.717) is 25.7 Å². The van der Waals surface area contributed by atoms with E-state index in [4.69, 9.17) is 9.47 Å². The highest BCUT2D eigenvalue weighted by atomic mass is 127. The third-order valence-corrected chi connectivity index (χ3v) is 4.30. The lowest BCUT2D eigenvalue weighted by molar-refractivity contribution is 0.242. The Morgan fingerprint density at radius 2 is 1.81 bits per heavy atom. The minimum atomic E-state index is 0. The Kier molecular flexibility index (Phi) is 10.8. The second kappa shape index (κ2) is 13.6. The molecule has 1 heterocycles. The van der Waals surface area contributed by atoms with Gasteiger partial charge in [0.05, 0.1) is 12.7 Å². The highest BCUT2D eigenvalue weighted by Crippen LogP contribution is 2.17. The van der Waals surface area contributed by atoms with Gasteiger partial charge in [0.25, 0.3) is 0 Å². The molecule has 0 amide bonds. The van der Waals surface area contributed by atoms with E-state index in [1.807, 2.05) is 80.1 Å². The molecule has 3 rings (SSSR count). The van der Waals surface area contributed by atoms with Crippen molar-refractivity contribution in [3.63, 3.8) is 0 Å². The molecule has 32 heavy (non-hydrogen) atoms. The third-order valence-electron chi connectivity index (χ3n) is 4.30. The van der Waals surface area contributed by atoms with Crippen LogP contribution in [0.15, 0.2) is 65.9 Å². The minimum Gasteiger partial charge on any atom is -0.494 e. The fourth-order valence-electron chi connectivity index (χ4n) is 2.75. The summed E-state index contributed by atoms with van der Waals surface area (Å²) in [7, 11) is 1.90. The molecule has 1 aromatic heterocycles. The van der Waals surface area contributed by atoms with Crippen molar-refractivity contribution >= 4 is 35.6 Å². The van der Waals surface area contributed by atoms with E-state index in [0.717, 1.165) is 29.4 Å². The summed E-state index contributed by atoms with van der Waals surface area (Å²) in [6.45, 7) is 5.77. The molecule has 0 aliphatic carbocycles. The molecule has 0 saturated carbocycles. The standard InChI is InChI=1S/C23H30N6O2.HI/c1-18(2)31-21-12-10-19(11-13-21)27-23(25-16-22-28-26-17-29(22)3)24-14-7-15-30-20-8-5-4-6-9-20;/h4-6,8-13,17-18H,7,14-16H2,1-3H3,(H2,24,25,27);1H. The average molecular weight is 550 g/mol. The van der Waals surface area contributed by atoms with Gasteiger partial charge in [-0.15, -0.1) is 34.2 Å². The Morgan fingerprint density at radius 1 is 1.06 bits per heavy atom. The van der Waals surface area contributed by atoms with Crippen molar-refractivity contribution in [3.05, 3.63) is 66.7 Å². The van der Waals surface area contributed by atoms with E-state index in [-0.39, 0.29) is 30.1 Å². The molecule has 172 valence electrons. The van der Waals surface area contributed by atoms with Crippen molar-refractivity contribution in [1.82, 2.24) is 20.1 Å². The second-order valence-corrected chi connectivity index (χ2v) is 7.28. The number of aryl methyl sites for hydroxylation is 1. The van der Waals surface area contributed by atoms with Crippen LogP contribution in [-0.2, 0) is 13.6 Å². The summed E-state index contributed by atoms with van der Waals surface area (Å²) in [6.07, 6.45) is 2.64. The lowest BCUT2D eigenvalue weighted by atomic mass is 10.3. The van der Waals surface area contributed by atoms with Crippen LogP contribution >= 0.6 is 24.0 Å². The molecule has 0 spiro atoms. The lowest BCUT2D eigenvalue weighted by Gasteiger charge is -2.14. The van der Waals surface area contributed by atoms with Gasteiger partial charge in [-0.3, -0.25) is 0 Å². The Bertz CT molecular complexity index is 945. The summed E-state index contributed by atoms with van der Waals surface area (Å²) in [4.78, 5) is 4.65. The number of hydrogen-bond donors (Lipinski definition) is 2. The normalized spacial score (nSPS) is 11.1. The van der Waals surface area contributed by atoms with Crippen molar-refractivity contribution in [3.8, 4) is 11.5 Å². The monoisotopic (exact) mass is 550 g/mol. The van der Waals surface area contributed by atoms with Crippen LogP contribution < -0.4 is 20.1 Å². The zero-order valence-corrected chi connectivity index (χ0v) is 21.0. The van der Waals surface area contributed by atoms with Crippen molar-refractivity contribution in [2.75, 3.05) is 18.5 Å². The van der Waals surface area contributed by atoms with Gasteiger partial charge in [0.2, 0.25) is 0 Å². The van der Waals surface area contributed by atoms with Gasteiger partial charge in [-0.05, 0) is 56.7 Å². The first-order chi connectivity index (χ1) is 15.1. The average Bonchev–Trinajstić information content (AvgIpc) is 3.18. The van der Waals surface area contributed by atoms with E-state index in [1.54, 1.807) is 6.33 Å². The number of aliphatic imine (C=N–C) groups is 1. The fourth-order valence-corrected chi connectivity index (χ4v) is 2.75. The molecule has 0 fully saturated rings. The number of aromatic nitrogens is 3. The van der Waals surface area contributed by atoms with Crippen LogP contribution in [0.1, 0.15) is 26.1 Å². The van der Waals surface area contributed by atoms with Gasteiger partial charge in [0, 0.05) is 19.3 Å². The van der Waals surface area contributed by atoms with Gasteiger partial charge in [0.15, 0.2) is 11.8 Å². The minimum absolute atomic E-state index is 0. The van der Waals surface area contributed by atoms with Crippen LogP contribution in [0.25, 0.3) is 0 Å². The molecule has 0 aliphatic rings. The number of benzene rings is 2. The van der Waals surface area contributed by atoms with Crippen molar-refractivity contribution in [2.24, 2.45) is 12.0 Å². The Labute approximate surface area is 206 Å². The lowest BCUT2D eigenvalue weighted by Crippen LogP contribution is -2.32. The molecule has 2 aromatic carbocycles. The maximum Gasteiger partial charge on any atom is 0.196 e. The molecule has 8 nitrogen and oxygen atoms in total. The number of para-hydroxylation sites is 1. The van der Waals surface area contributed by atoms with Crippen LogP contribution in [0.3, 0.4) is 0 Å². The van der Waals surface area contributed by atoms with Crippen molar-refractivity contribution < 1.29 is 9.47 Å². The summed E-state index contributed by atoms with van der Waals surface area (Å²) in [6, 6.07) is 17.6. The Morgan fingerprint density at radius 3 is 2.47 bits per heavy atom. The highest BCUT2D eigenvalue weighted by molar-refractivity contribution is 14.0. The molecule has 2 N–H and O–H groups in total. The SMILES string of the molecule is CC(C)Oc1ccc(NC(=NCc2nncn2C)NCCCOc2ccccc2)cc1.I. The van der Waals surface area contributed by atoms with E-state index in [2.05, 4.69) is 25.8 Å². The van der Waals surface area contributed by atoms with Gasteiger partial charge < -0.3 is 24.7 Å². The van der Waals surface area contributed by atoms with Crippen LogP contribution in [0, 0.1) is 0 Å². The molecule has 0 aliphatic heterocycles. The predicted molar refractivity (Wildman–Crippen MR) is 138 cm³/mol. The summed E-state index contributed by atoms with van der Waals surface area (Å²) in [5, 5.41) is 14.7. The van der Waals surface area contributed by atoms with Crippen LogP contribution in [0.4, 0.5) is 5.69 Å². The number of anilines is 1. The number of nitrogens with zero attached hydrogens (tertiary/aromatic N) is 4. The molecule has 3 aromatic rings. The smallest absolute Gasteiger partial charge is 0.196 e. The molecule has 9 heteroatoms. The summed E-state index contributed by atoms with van der Waals surface area (Å²) in [5.74, 6) is 3.17. The number of hydrogen-bond acceptors (Lipinski definition) is 5. The Balaban J connectivity index is 0.00000363. The molecular weight excluding hydrogens is 519 g/mol. The predicted octanol–water partition coefficient (Wildman–Crippen LogP) is 4.25. The van der Waals surface area contributed by atoms with Gasteiger partial charge in [-0.25, -0.2) is 4.99 Å². The molecule has 0 bridgehead atoms. The number of nitrogens with one attached hydrogen (secondary N) is 2. The molecular formula is C23H31IN6O2. The largest absolute Gasteiger partial charge is 0.494 e. The zero-order chi connectivity index (χ0) is 21.9. The Hall–Kier alpha value is -2.82. The highest BCUT2D eigenvalue weighted by Gasteiger charge is 2.05. The van der Waals surface area contributed by atoms with E-state index < -0.39 is 0 Å². The van der Waals surface area contributed by atoms with Crippen molar-refractivity contribution in [2.45, 2.75) is 32.9 Å². The van der Waals surface area contributed by atoms with Gasteiger partial charge in [-0.1, -0.05) is 18.2 Å². The third kappa shape index (κ3) is 8.74. The summed E-state index contributed by atoms with van der Waals surface area (Å²) in [5.41, 5.74) is 0.917. The second-order valence-electron chi connectivity index (χ2n) is 7.28. The molecule has 0 unspecified atom stereocenters. The van der Waals surface area contributed by atoms with Gasteiger partial charge in [-0.2, -0.15) is 0 Å². The van der Waals surface area contributed by atoms with Crippen LogP contribution in [0.5, 0.6) is 11.5 Å². The number of guanidine groups is 1. The number of halogens is 1. The summed E-state index contributed by atoms with van der Waals surface area (Å²) >= 11 is 0. The van der Waals surface area contributed by atoms with E-state index in [9.17, 15) is 0 Å². The first kappa shape index (κ1) is 25.4. The van der Waals surface area contributed by atoms with Gasteiger partial charge in [0.1, 0.15) is 24.4 Å². The maximum absolute atomic E-state index is 5.75. The van der Waals surface area contributed by atoms with Crippen molar-refractivity contribution in [1.29, 1.82) is 0 Å². The van der Waals surface area contributed by atoms with Crippen LogP contribution in [-0.4, -0.2) is 40.0 Å². The van der Waals surface area contributed by atoms with Gasteiger partial charge >= 0.3 is 0 Å². The fraction of sp³-hybridized carbons (Fsp3) is 0.348. The first-order valence-corrected chi connectivity index (χ1v) is 10.4. The molecule has 0 atom stereocenters. The van der Waals surface area contributed by atoms with E-state index >= 15 is 0 Å². The van der Waals surface area contributed by atoms with E-state index in [1.165, 1.54) is 0 Å². The summed E-state index contributed by atoms with van der Waals surface area (Å²) < 4.78 is 13.3.